The lowest BCUT2D eigenvalue weighted by Crippen LogP contribution is -2.26. The quantitative estimate of drug-likeness (QED) is 0.545. The van der Waals surface area contributed by atoms with Gasteiger partial charge in [0.2, 0.25) is 0 Å². The van der Waals surface area contributed by atoms with Gasteiger partial charge in [-0.2, -0.15) is 21.6 Å². The summed E-state index contributed by atoms with van der Waals surface area (Å²) in [5.41, 5.74) is -2.56. The maximum absolute atomic E-state index is 12.5. The van der Waals surface area contributed by atoms with Gasteiger partial charge in [0.15, 0.2) is 0 Å². The van der Waals surface area contributed by atoms with Crippen molar-refractivity contribution in [3.63, 3.8) is 0 Å². The third-order valence-electron chi connectivity index (χ3n) is 5.04. The van der Waals surface area contributed by atoms with Crippen molar-refractivity contribution in [3.8, 4) is 0 Å². The molecule has 126 valence electrons. The van der Waals surface area contributed by atoms with Crippen molar-refractivity contribution >= 4 is 10.1 Å². The van der Waals surface area contributed by atoms with Gasteiger partial charge in [-0.3, -0.25) is 0 Å². The molecule has 0 saturated heterocycles. The van der Waals surface area contributed by atoms with Crippen LogP contribution in [0.15, 0.2) is 22.5 Å². The van der Waals surface area contributed by atoms with E-state index in [2.05, 4.69) is 18.0 Å². The van der Waals surface area contributed by atoms with Crippen LogP contribution in [0.3, 0.4) is 0 Å². The Hall–Kier alpha value is -0.980. The van der Waals surface area contributed by atoms with E-state index in [0.717, 1.165) is 30.4 Å². The summed E-state index contributed by atoms with van der Waals surface area (Å²) >= 11 is 0. The van der Waals surface area contributed by atoms with Crippen LogP contribution in [0, 0.1) is 5.41 Å². The summed E-state index contributed by atoms with van der Waals surface area (Å²) in [7, 11) is -5.58. The van der Waals surface area contributed by atoms with E-state index < -0.39 is 15.6 Å². The average Bonchev–Trinajstić information content (AvgIpc) is 2.82. The lowest BCUT2D eigenvalue weighted by Gasteiger charge is -2.24. The molecule has 0 aliphatic heterocycles. The van der Waals surface area contributed by atoms with E-state index >= 15 is 0 Å². The van der Waals surface area contributed by atoms with Crippen molar-refractivity contribution in [1.29, 1.82) is 0 Å². The highest BCUT2D eigenvalue weighted by atomic mass is 32.2. The van der Waals surface area contributed by atoms with Crippen LogP contribution in [-0.2, 0) is 14.3 Å². The Balaban J connectivity index is 2.43. The van der Waals surface area contributed by atoms with E-state index in [4.69, 9.17) is 0 Å². The number of alkyl halides is 3. The number of allylic oxidation sites excluding steroid dienone is 4. The first-order chi connectivity index (χ1) is 10.1. The molecular formula is C15H21F3O3S. The molecule has 1 fully saturated rings. The predicted molar refractivity (Wildman–Crippen MR) is 77.3 cm³/mol. The van der Waals surface area contributed by atoms with Crippen LogP contribution in [0.5, 0.6) is 0 Å². The molecule has 2 rings (SSSR count). The summed E-state index contributed by atoms with van der Waals surface area (Å²) in [5.74, 6) is -0.0123. The molecule has 3 nitrogen and oxygen atoms in total. The molecule has 1 saturated carbocycles. The largest absolute Gasteiger partial charge is 0.534 e. The van der Waals surface area contributed by atoms with Crippen LogP contribution in [0.25, 0.3) is 0 Å². The maximum atomic E-state index is 12.5. The van der Waals surface area contributed by atoms with Crippen LogP contribution in [0.2, 0.25) is 0 Å². The summed E-state index contributed by atoms with van der Waals surface area (Å²) in [5, 5.41) is 0. The monoisotopic (exact) mass is 338 g/mol. The molecule has 0 aromatic rings. The Kier molecular flexibility index (Phi) is 4.41. The minimum Gasteiger partial charge on any atom is -0.380 e. The lowest BCUT2D eigenvalue weighted by molar-refractivity contribution is -0.0524. The molecule has 0 amide bonds. The molecule has 7 heteroatoms. The Bertz CT molecular complexity index is 623. The van der Waals surface area contributed by atoms with E-state index in [1.807, 2.05) is 6.92 Å². The SMILES string of the molecule is CCC1(CC)CC2=C(C)CCC(OS(=O)(=O)C(F)(F)F)=C2C1. The summed E-state index contributed by atoms with van der Waals surface area (Å²) in [4.78, 5) is 0. The molecule has 0 N–H and O–H groups in total. The molecule has 22 heavy (non-hydrogen) atoms. The Morgan fingerprint density at radius 1 is 1.09 bits per heavy atom. The molecule has 2 aliphatic rings. The lowest BCUT2D eigenvalue weighted by atomic mass is 9.80. The third-order valence-corrected chi connectivity index (χ3v) is 6.03. The molecular weight excluding hydrogens is 317 g/mol. The topological polar surface area (TPSA) is 43.4 Å². The fraction of sp³-hybridized carbons (Fsp3) is 0.733. The number of hydrogen-bond donors (Lipinski definition) is 0. The van der Waals surface area contributed by atoms with Crippen LogP contribution < -0.4 is 0 Å². The van der Waals surface area contributed by atoms with Crippen molar-refractivity contribution in [3.05, 3.63) is 22.5 Å². The van der Waals surface area contributed by atoms with Crippen molar-refractivity contribution in [1.82, 2.24) is 0 Å². The van der Waals surface area contributed by atoms with Crippen LogP contribution >= 0.6 is 0 Å². The number of fused-ring (bicyclic) bond motifs is 1. The fourth-order valence-electron chi connectivity index (χ4n) is 3.33. The molecule has 0 aromatic heterocycles. The summed E-state index contributed by atoms with van der Waals surface area (Å²) in [6.45, 7) is 6.08. The van der Waals surface area contributed by atoms with Crippen LogP contribution in [0.4, 0.5) is 13.2 Å². The van der Waals surface area contributed by atoms with Crippen molar-refractivity contribution in [2.24, 2.45) is 5.41 Å². The molecule has 0 unspecified atom stereocenters. The number of hydrogen-bond acceptors (Lipinski definition) is 3. The van der Waals surface area contributed by atoms with Gasteiger partial charge in [0, 0.05) is 6.42 Å². The zero-order valence-electron chi connectivity index (χ0n) is 13.0. The summed E-state index contributed by atoms with van der Waals surface area (Å²) in [6, 6.07) is 0. The van der Waals surface area contributed by atoms with E-state index in [1.165, 1.54) is 0 Å². The van der Waals surface area contributed by atoms with E-state index in [-0.39, 0.29) is 17.6 Å². The standard InChI is InChI=1S/C15H21F3O3S/c1-4-14(5-2)8-11-10(3)6-7-13(12(11)9-14)21-22(19,20)15(16,17)18/h4-9H2,1-3H3. The summed E-state index contributed by atoms with van der Waals surface area (Å²) in [6.07, 6.45) is 3.95. The molecule has 0 bridgehead atoms. The van der Waals surface area contributed by atoms with Crippen molar-refractivity contribution in [2.45, 2.75) is 64.8 Å². The highest BCUT2D eigenvalue weighted by Gasteiger charge is 2.50. The third kappa shape index (κ3) is 2.92. The molecule has 0 radical (unpaired) electrons. The van der Waals surface area contributed by atoms with Crippen LogP contribution in [-0.4, -0.2) is 13.9 Å². The molecule has 0 heterocycles. The van der Waals surface area contributed by atoms with Gasteiger partial charge in [0.1, 0.15) is 5.76 Å². The second-order valence-electron chi connectivity index (χ2n) is 6.20. The van der Waals surface area contributed by atoms with Gasteiger partial charge in [-0.05, 0) is 55.6 Å². The number of halogens is 3. The molecule has 0 spiro atoms. The van der Waals surface area contributed by atoms with E-state index in [9.17, 15) is 21.6 Å². The second-order valence-corrected chi connectivity index (χ2v) is 7.74. The minimum absolute atomic E-state index is 0.00682. The van der Waals surface area contributed by atoms with Gasteiger partial charge < -0.3 is 4.18 Å². The normalized spacial score (nSPS) is 22.1. The zero-order valence-corrected chi connectivity index (χ0v) is 13.8. The second kappa shape index (κ2) is 5.58. The average molecular weight is 338 g/mol. The van der Waals surface area contributed by atoms with Crippen LogP contribution in [0.1, 0.15) is 59.3 Å². The van der Waals surface area contributed by atoms with Gasteiger partial charge in [-0.15, -0.1) is 0 Å². The highest BCUT2D eigenvalue weighted by molar-refractivity contribution is 7.87. The minimum atomic E-state index is -5.58. The Morgan fingerprint density at radius 2 is 1.64 bits per heavy atom. The predicted octanol–water partition coefficient (Wildman–Crippen LogP) is 4.82. The van der Waals surface area contributed by atoms with Gasteiger partial charge in [0.25, 0.3) is 0 Å². The summed E-state index contributed by atoms with van der Waals surface area (Å²) < 4.78 is 64.7. The maximum Gasteiger partial charge on any atom is 0.534 e. The van der Waals surface area contributed by atoms with Gasteiger partial charge in [-0.25, -0.2) is 0 Å². The molecule has 2 aliphatic carbocycles. The smallest absolute Gasteiger partial charge is 0.380 e. The van der Waals surface area contributed by atoms with E-state index in [1.54, 1.807) is 0 Å². The Morgan fingerprint density at radius 3 is 2.14 bits per heavy atom. The molecule has 0 atom stereocenters. The number of rotatable bonds is 4. The van der Waals surface area contributed by atoms with Gasteiger partial charge >= 0.3 is 15.6 Å². The first-order valence-corrected chi connectivity index (χ1v) is 8.88. The Labute approximate surface area is 129 Å². The van der Waals surface area contributed by atoms with Crippen molar-refractivity contribution < 1.29 is 25.8 Å². The fourth-order valence-corrected chi connectivity index (χ4v) is 3.87. The van der Waals surface area contributed by atoms with Gasteiger partial charge in [-0.1, -0.05) is 19.4 Å². The first kappa shape index (κ1) is 17.4. The highest BCUT2D eigenvalue weighted by Crippen LogP contribution is 2.54. The van der Waals surface area contributed by atoms with Crippen molar-refractivity contribution in [2.75, 3.05) is 0 Å². The molecule has 0 aromatic carbocycles. The van der Waals surface area contributed by atoms with Gasteiger partial charge in [0.05, 0.1) is 0 Å². The first-order valence-electron chi connectivity index (χ1n) is 7.47. The van der Waals surface area contributed by atoms with E-state index in [0.29, 0.717) is 18.4 Å². The zero-order chi connectivity index (χ0) is 16.8.